The maximum absolute atomic E-state index is 12.9. The Hall–Kier alpha value is -2.20. The standard InChI is InChI=1S/C21H29N5O4S/c1-12-9-26(10-13(2)30-12)15(27)11-31-19-16-18(24(3)21(29)25(4)20(16)28)22-17(23-19)14-7-5-6-8-14/h12-14H,5-11H2,1-4H3. The molecule has 2 aliphatic rings. The van der Waals surface area contributed by atoms with Crippen molar-refractivity contribution in [3.63, 3.8) is 0 Å². The van der Waals surface area contributed by atoms with Gasteiger partial charge in [0.1, 0.15) is 16.2 Å². The highest BCUT2D eigenvalue weighted by molar-refractivity contribution is 8.00. The van der Waals surface area contributed by atoms with Crippen LogP contribution in [-0.2, 0) is 23.6 Å². The van der Waals surface area contributed by atoms with Crippen molar-refractivity contribution in [2.45, 2.75) is 62.7 Å². The summed E-state index contributed by atoms with van der Waals surface area (Å²) in [5.41, 5.74) is -0.509. The molecule has 1 amide bonds. The SMILES string of the molecule is CC1CN(C(=O)CSc2nc(C3CCCC3)nc3c2c(=O)n(C)c(=O)n3C)CC(C)O1. The van der Waals surface area contributed by atoms with Gasteiger partial charge in [0.05, 0.1) is 18.0 Å². The molecule has 31 heavy (non-hydrogen) atoms. The Morgan fingerprint density at radius 3 is 2.35 bits per heavy atom. The second kappa shape index (κ2) is 8.74. The molecular formula is C21H29N5O4S. The number of ether oxygens (including phenoxy) is 1. The molecular weight excluding hydrogens is 418 g/mol. The Morgan fingerprint density at radius 2 is 1.71 bits per heavy atom. The lowest BCUT2D eigenvalue weighted by molar-refractivity contribution is -0.140. The van der Waals surface area contributed by atoms with Crippen LogP contribution >= 0.6 is 11.8 Å². The number of hydrogen-bond donors (Lipinski definition) is 0. The Bertz CT molecular complexity index is 1110. The molecule has 2 unspecified atom stereocenters. The lowest BCUT2D eigenvalue weighted by Crippen LogP contribution is -2.48. The maximum atomic E-state index is 12.9. The number of carbonyl (C=O) groups excluding carboxylic acids is 1. The number of hydrogen-bond acceptors (Lipinski definition) is 7. The van der Waals surface area contributed by atoms with Gasteiger partial charge in [-0.25, -0.2) is 14.8 Å². The summed E-state index contributed by atoms with van der Waals surface area (Å²) < 4.78 is 8.18. The molecule has 168 valence electrons. The van der Waals surface area contributed by atoms with Gasteiger partial charge in [-0.2, -0.15) is 0 Å². The Morgan fingerprint density at radius 1 is 1.06 bits per heavy atom. The fourth-order valence-electron chi connectivity index (χ4n) is 4.52. The summed E-state index contributed by atoms with van der Waals surface area (Å²) >= 11 is 1.25. The van der Waals surface area contributed by atoms with E-state index in [9.17, 15) is 14.4 Å². The zero-order chi connectivity index (χ0) is 22.3. The van der Waals surface area contributed by atoms with Crippen molar-refractivity contribution in [3.05, 3.63) is 26.7 Å². The van der Waals surface area contributed by atoms with Gasteiger partial charge in [0.25, 0.3) is 5.56 Å². The van der Waals surface area contributed by atoms with E-state index >= 15 is 0 Å². The molecule has 10 heteroatoms. The summed E-state index contributed by atoms with van der Waals surface area (Å²) in [6.45, 7) is 5.02. The largest absolute Gasteiger partial charge is 0.372 e. The predicted octanol–water partition coefficient (Wildman–Crippen LogP) is 1.41. The van der Waals surface area contributed by atoms with E-state index in [1.165, 1.54) is 23.4 Å². The predicted molar refractivity (Wildman–Crippen MR) is 119 cm³/mol. The van der Waals surface area contributed by atoms with Crippen molar-refractivity contribution in [2.24, 2.45) is 14.1 Å². The van der Waals surface area contributed by atoms with Crippen LogP contribution in [-0.4, -0.2) is 61.0 Å². The van der Waals surface area contributed by atoms with Crippen LogP contribution in [0.25, 0.3) is 11.0 Å². The van der Waals surface area contributed by atoms with Crippen LogP contribution in [0, 0.1) is 0 Å². The van der Waals surface area contributed by atoms with E-state index in [-0.39, 0.29) is 29.8 Å². The van der Waals surface area contributed by atoms with Gasteiger partial charge >= 0.3 is 5.69 Å². The number of rotatable bonds is 4. The maximum Gasteiger partial charge on any atom is 0.332 e. The second-order valence-corrected chi connectivity index (χ2v) is 9.58. The third kappa shape index (κ3) is 4.27. The quantitative estimate of drug-likeness (QED) is 0.516. The van der Waals surface area contributed by atoms with Gasteiger partial charge in [0.2, 0.25) is 5.91 Å². The van der Waals surface area contributed by atoms with Crippen molar-refractivity contribution in [1.82, 2.24) is 24.0 Å². The first-order valence-electron chi connectivity index (χ1n) is 10.8. The van der Waals surface area contributed by atoms with Crippen molar-refractivity contribution in [3.8, 4) is 0 Å². The molecule has 1 aliphatic heterocycles. The molecule has 2 fully saturated rings. The molecule has 2 aromatic rings. The van der Waals surface area contributed by atoms with Crippen molar-refractivity contribution >= 4 is 28.7 Å². The normalized spacial score (nSPS) is 22.4. The highest BCUT2D eigenvalue weighted by atomic mass is 32.2. The Labute approximate surface area is 184 Å². The topological polar surface area (TPSA) is 99.3 Å². The van der Waals surface area contributed by atoms with Crippen LogP contribution in [0.2, 0.25) is 0 Å². The van der Waals surface area contributed by atoms with Gasteiger partial charge in [-0.1, -0.05) is 24.6 Å². The van der Waals surface area contributed by atoms with Gasteiger partial charge in [-0.15, -0.1) is 0 Å². The summed E-state index contributed by atoms with van der Waals surface area (Å²) in [6.07, 6.45) is 4.22. The molecule has 0 spiro atoms. The fraction of sp³-hybridized carbons (Fsp3) is 0.667. The first-order chi connectivity index (χ1) is 14.8. The van der Waals surface area contributed by atoms with Gasteiger partial charge in [0, 0.05) is 33.1 Å². The van der Waals surface area contributed by atoms with E-state index in [2.05, 4.69) is 4.98 Å². The monoisotopic (exact) mass is 447 g/mol. The van der Waals surface area contributed by atoms with Crippen molar-refractivity contribution < 1.29 is 9.53 Å². The average molecular weight is 448 g/mol. The molecule has 1 saturated heterocycles. The number of fused-ring (bicyclic) bond motifs is 1. The summed E-state index contributed by atoms with van der Waals surface area (Å²) in [7, 11) is 3.07. The summed E-state index contributed by atoms with van der Waals surface area (Å²) in [5.74, 6) is 1.04. The van der Waals surface area contributed by atoms with Gasteiger partial charge in [-0.3, -0.25) is 18.7 Å². The van der Waals surface area contributed by atoms with Crippen LogP contribution in [0.3, 0.4) is 0 Å². The molecule has 0 radical (unpaired) electrons. The van der Waals surface area contributed by atoms with Crippen LogP contribution in [0.4, 0.5) is 0 Å². The highest BCUT2D eigenvalue weighted by Gasteiger charge is 2.28. The molecule has 3 heterocycles. The second-order valence-electron chi connectivity index (χ2n) is 8.62. The lowest BCUT2D eigenvalue weighted by atomic mass is 10.1. The molecule has 9 nitrogen and oxygen atoms in total. The van der Waals surface area contributed by atoms with E-state index in [0.717, 1.165) is 30.3 Å². The third-order valence-corrected chi connectivity index (χ3v) is 7.07. The third-order valence-electron chi connectivity index (χ3n) is 6.11. The first kappa shape index (κ1) is 22.0. The minimum Gasteiger partial charge on any atom is -0.372 e. The number of nitrogens with zero attached hydrogens (tertiary/aromatic N) is 5. The Balaban J connectivity index is 1.70. The zero-order valence-corrected chi connectivity index (χ0v) is 19.3. The molecule has 1 saturated carbocycles. The van der Waals surface area contributed by atoms with Crippen LogP contribution in [0.1, 0.15) is 51.3 Å². The molecule has 2 aromatic heterocycles. The fourth-order valence-corrected chi connectivity index (χ4v) is 5.44. The number of amides is 1. The molecule has 2 atom stereocenters. The van der Waals surface area contributed by atoms with Crippen LogP contribution in [0.15, 0.2) is 14.6 Å². The van der Waals surface area contributed by atoms with E-state index < -0.39 is 11.2 Å². The van der Waals surface area contributed by atoms with Gasteiger partial charge in [-0.05, 0) is 26.7 Å². The number of aromatic nitrogens is 4. The lowest BCUT2D eigenvalue weighted by Gasteiger charge is -2.35. The summed E-state index contributed by atoms with van der Waals surface area (Å²) in [4.78, 5) is 49.4. The minimum atomic E-state index is -0.431. The highest BCUT2D eigenvalue weighted by Crippen LogP contribution is 2.34. The van der Waals surface area contributed by atoms with Crippen molar-refractivity contribution in [2.75, 3.05) is 18.8 Å². The molecule has 0 N–H and O–H groups in total. The van der Waals surface area contributed by atoms with E-state index in [1.54, 1.807) is 11.9 Å². The number of thioether (sulfide) groups is 1. The van der Waals surface area contributed by atoms with Crippen molar-refractivity contribution in [1.29, 1.82) is 0 Å². The van der Waals surface area contributed by atoms with E-state index in [4.69, 9.17) is 9.72 Å². The smallest absolute Gasteiger partial charge is 0.332 e. The molecule has 1 aliphatic carbocycles. The average Bonchev–Trinajstić information content (AvgIpc) is 3.28. The van der Waals surface area contributed by atoms with Gasteiger partial charge < -0.3 is 9.64 Å². The summed E-state index contributed by atoms with van der Waals surface area (Å²) in [5, 5.41) is 0.777. The van der Waals surface area contributed by atoms with Gasteiger partial charge in [0.15, 0.2) is 5.65 Å². The van der Waals surface area contributed by atoms with E-state index in [0.29, 0.717) is 35.0 Å². The Kier molecular flexibility index (Phi) is 6.20. The number of carbonyl (C=O) groups is 1. The minimum absolute atomic E-state index is 0.00614. The zero-order valence-electron chi connectivity index (χ0n) is 18.5. The first-order valence-corrected chi connectivity index (χ1v) is 11.8. The van der Waals surface area contributed by atoms with Crippen LogP contribution < -0.4 is 11.2 Å². The van der Waals surface area contributed by atoms with E-state index in [1.807, 2.05) is 13.8 Å². The molecule has 0 bridgehead atoms. The molecule has 0 aromatic carbocycles. The number of aryl methyl sites for hydroxylation is 1. The number of morpholine rings is 1. The molecule has 4 rings (SSSR count). The summed E-state index contributed by atoms with van der Waals surface area (Å²) in [6, 6.07) is 0. The van der Waals surface area contributed by atoms with Crippen LogP contribution in [0.5, 0.6) is 0 Å².